The second-order valence-electron chi connectivity index (χ2n) is 6.30. The normalized spacial score (nSPS) is 11.7. The van der Waals surface area contributed by atoms with Crippen molar-refractivity contribution in [3.05, 3.63) is 34.9 Å². The molecule has 1 amide bonds. The smallest absolute Gasteiger partial charge is 0.230 e. The molecule has 0 aromatic heterocycles. The Morgan fingerprint density at radius 2 is 1.90 bits per heavy atom. The van der Waals surface area contributed by atoms with Crippen LogP contribution < -0.4 is 5.32 Å². The maximum Gasteiger partial charge on any atom is 0.230 e. The van der Waals surface area contributed by atoms with Crippen molar-refractivity contribution in [2.24, 2.45) is 5.41 Å². The first-order valence-electron chi connectivity index (χ1n) is 7.02. The van der Waals surface area contributed by atoms with E-state index in [1.165, 1.54) is 5.56 Å². The molecule has 1 aromatic rings. The fraction of sp³-hybridized carbons (Fsp3) is 0.562. The Hall–Kier alpha value is -0.710. The SMILES string of the molecule is CN(C)CC(C)(C)CNC(=O)CSCc1ccc(Cl)cc1. The Bertz CT molecular complexity index is 446. The lowest BCUT2D eigenvalue weighted by Crippen LogP contribution is -2.40. The number of hydrogen-bond acceptors (Lipinski definition) is 3. The van der Waals surface area contributed by atoms with E-state index in [4.69, 9.17) is 11.6 Å². The predicted molar refractivity (Wildman–Crippen MR) is 93.0 cm³/mol. The molecule has 0 unspecified atom stereocenters. The second-order valence-corrected chi connectivity index (χ2v) is 7.72. The summed E-state index contributed by atoms with van der Waals surface area (Å²) in [6.45, 7) is 5.97. The van der Waals surface area contributed by atoms with Crippen LogP contribution in [-0.4, -0.2) is 43.7 Å². The predicted octanol–water partition coefficient (Wildman–Crippen LogP) is 3.28. The average molecular weight is 329 g/mol. The summed E-state index contributed by atoms with van der Waals surface area (Å²) in [6, 6.07) is 7.74. The molecule has 0 saturated carbocycles. The van der Waals surface area contributed by atoms with Gasteiger partial charge in [0.2, 0.25) is 5.91 Å². The molecule has 5 heteroatoms. The van der Waals surface area contributed by atoms with Crippen LogP contribution in [0.3, 0.4) is 0 Å². The highest BCUT2D eigenvalue weighted by Crippen LogP contribution is 2.16. The van der Waals surface area contributed by atoms with Gasteiger partial charge in [0.1, 0.15) is 0 Å². The van der Waals surface area contributed by atoms with Gasteiger partial charge in [-0.3, -0.25) is 4.79 Å². The van der Waals surface area contributed by atoms with Crippen molar-refractivity contribution in [1.29, 1.82) is 0 Å². The zero-order valence-electron chi connectivity index (χ0n) is 13.3. The number of carbonyl (C=O) groups excluding carboxylic acids is 1. The highest BCUT2D eigenvalue weighted by atomic mass is 35.5. The van der Waals surface area contributed by atoms with Crippen LogP contribution in [0.2, 0.25) is 5.02 Å². The second kappa shape index (κ2) is 8.66. The Morgan fingerprint density at radius 3 is 2.48 bits per heavy atom. The summed E-state index contributed by atoms with van der Waals surface area (Å²) in [5.74, 6) is 1.41. The van der Waals surface area contributed by atoms with Crippen LogP contribution >= 0.6 is 23.4 Å². The van der Waals surface area contributed by atoms with Gasteiger partial charge in [-0.25, -0.2) is 0 Å². The van der Waals surface area contributed by atoms with Crippen molar-refractivity contribution >= 4 is 29.3 Å². The van der Waals surface area contributed by atoms with Gasteiger partial charge in [0, 0.05) is 23.9 Å². The van der Waals surface area contributed by atoms with Crippen LogP contribution in [0.15, 0.2) is 24.3 Å². The summed E-state index contributed by atoms with van der Waals surface area (Å²) < 4.78 is 0. The minimum absolute atomic E-state index is 0.0833. The quantitative estimate of drug-likeness (QED) is 0.795. The number of benzene rings is 1. The zero-order chi connectivity index (χ0) is 15.9. The summed E-state index contributed by atoms with van der Waals surface area (Å²) in [5, 5.41) is 3.76. The van der Waals surface area contributed by atoms with Gasteiger partial charge >= 0.3 is 0 Å². The third-order valence-corrected chi connectivity index (χ3v) is 4.18. The molecule has 0 radical (unpaired) electrons. The Labute approximate surface area is 137 Å². The first kappa shape index (κ1) is 18.3. The molecule has 0 saturated heterocycles. The highest BCUT2D eigenvalue weighted by Gasteiger charge is 2.19. The largest absolute Gasteiger partial charge is 0.355 e. The lowest BCUT2D eigenvalue weighted by molar-refractivity contribution is -0.119. The molecule has 0 aliphatic carbocycles. The van der Waals surface area contributed by atoms with Gasteiger partial charge in [-0.2, -0.15) is 0 Å². The number of rotatable bonds is 8. The van der Waals surface area contributed by atoms with Crippen molar-refractivity contribution in [3.8, 4) is 0 Å². The molecule has 0 spiro atoms. The minimum atomic E-state index is 0.0833. The summed E-state index contributed by atoms with van der Waals surface area (Å²) >= 11 is 7.46. The molecule has 0 aliphatic rings. The average Bonchev–Trinajstić information content (AvgIpc) is 2.37. The van der Waals surface area contributed by atoms with E-state index in [1.807, 2.05) is 38.4 Å². The molecule has 1 rings (SSSR count). The fourth-order valence-electron chi connectivity index (χ4n) is 2.14. The standard InChI is InChI=1S/C16H25ClN2OS/c1-16(2,12-19(3)4)11-18-15(20)10-21-9-13-5-7-14(17)8-6-13/h5-8H,9-12H2,1-4H3,(H,18,20). The maximum absolute atomic E-state index is 11.9. The van der Waals surface area contributed by atoms with E-state index >= 15 is 0 Å². The molecule has 0 heterocycles. The molecule has 0 aliphatic heterocycles. The number of halogens is 1. The minimum Gasteiger partial charge on any atom is -0.355 e. The molecule has 3 nitrogen and oxygen atoms in total. The van der Waals surface area contributed by atoms with Gasteiger partial charge in [-0.15, -0.1) is 11.8 Å². The van der Waals surface area contributed by atoms with Crippen molar-refractivity contribution in [3.63, 3.8) is 0 Å². The van der Waals surface area contributed by atoms with Crippen LogP contribution in [0.5, 0.6) is 0 Å². The van der Waals surface area contributed by atoms with E-state index in [1.54, 1.807) is 11.8 Å². The molecule has 0 atom stereocenters. The van der Waals surface area contributed by atoms with E-state index in [9.17, 15) is 4.79 Å². The molecule has 21 heavy (non-hydrogen) atoms. The summed E-state index contributed by atoms with van der Waals surface area (Å²) in [6.07, 6.45) is 0. The Morgan fingerprint density at radius 1 is 1.29 bits per heavy atom. The fourth-order valence-corrected chi connectivity index (χ4v) is 3.09. The molecular formula is C16H25ClN2OS. The van der Waals surface area contributed by atoms with Gasteiger partial charge in [-0.1, -0.05) is 37.6 Å². The van der Waals surface area contributed by atoms with Crippen molar-refractivity contribution in [2.45, 2.75) is 19.6 Å². The highest BCUT2D eigenvalue weighted by molar-refractivity contribution is 7.99. The van der Waals surface area contributed by atoms with Gasteiger partial charge in [0.05, 0.1) is 5.75 Å². The van der Waals surface area contributed by atoms with E-state index in [-0.39, 0.29) is 11.3 Å². The molecule has 1 N–H and O–H groups in total. The third-order valence-electron chi connectivity index (χ3n) is 2.92. The van der Waals surface area contributed by atoms with Crippen molar-refractivity contribution < 1.29 is 4.79 Å². The summed E-state index contributed by atoms with van der Waals surface area (Å²) in [4.78, 5) is 14.0. The van der Waals surface area contributed by atoms with Crippen LogP contribution in [-0.2, 0) is 10.5 Å². The maximum atomic E-state index is 11.9. The Balaban J connectivity index is 2.23. The number of nitrogens with one attached hydrogen (secondary N) is 1. The van der Waals surface area contributed by atoms with Crippen LogP contribution in [0.1, 0.15) is 19.4 Å². The monoisotopic (exact) mass is 328 g/mol. The van der Waals surface area contributed by atoms with Crippen LogP contribution in [0.25, 0.3) is 0 Å². The van der Waals surface area contributed by atoms with Gasteiger partial charge in [0.25, 0.3) is 0 Å². The molecule has 1 aromatic carbocycles. The zero-order valence-corrected chi connectivity index (χ0v) is 14.9. The van der Waals surface area contributed by atoms with E-state index in [0.29, 0.717) is 12.3 Å². The lowest BCUT2D eigenvalue weighted by Gasteiger charge is -2.28. The van der Waals surface area contributed by atoms with Crippen LogP contribution in [0, 0.1) is 5.41 Å². The van der Waals surface area contributed by atoms with Gasteiger partial charge in [-0.05, 0) is 37.2 Å². The summed E-state index contributed by atoms with van der Waals surface area (Å²) in [5.41, 5.74) is 1.27. The molecule has 0 fully saturated rings. The van der Waals surface area contributed by atoms with E-state index in [0.717, 1.165) is 17.3 Å². The van der Waals surface area contributed by atoms with Crippen molar-refractivity contribution in [1.82, 2.24) is 10.2 Å². The van der Waals surface area contributed by atoms with E-state index in [2.05, 4.69) is 24.1 Å². The number of amides is 1. The lowest BCUT2D eigenvalue weighted by atomic mass is 9.93. The third kappa shape index (κ3) is 8.34. The molecule has 0 bridgehead atoms. The number of carbonyl (C=O) groups is 1. The van der Waals surface area contributed by atoms with E-state index < -0.39 is 0 Å². The number of thioether (sulfide) groups is 1. The number of hydrogen-bond donors (Lipinski definition) is 1. The van der Waals surface area contributed by atoms with Crippen LogP contribution in [0.4, 0.5) is 0 Å². The summed E-state index contributed by atoms with van der Waals surface area (Å²) in [7, 11) is 4.09. The van der Waals surface area contributed by atoms with Gasteiger partial charge < -0.3 is 10.2 Å². The van der Waals surface area contributed by atoms with Crippen molar-refractivity contribution in [2.75, 3.05) is 32.9 Å². The topological polar surface area (TPSA) is 32.3 Å². The molecule has 118 valence electrons. The first-order valence-corrected chi connectivity index (χ1v) is 8.55. The molecular weight excluding hydrogens is 304 g/mol. The first-order chi connectivity index (χ1) is 9.78. The van der Waals surface area contributed by atoms with Gasteiger partial charge in [0.15, 0.2) is 0 Å². The Kier molecular flexibility index (Phi) is 7.57. The number of nitrogens with zero attached hydrogens (tertiary/aromatic N) is 1.